The molecule has 1 aliphatic rings. The van der Waals surface area contributed by atoms with Crippen molar-refractivity contribution in [1.29, 1.82) is 0 Å². The number of nitrogens with zero attached hydrogens (tertiary/aromatic N) is 1. The maximum Gasteiger partial charge on any atom is 0.327 e. The second kappa shape index (κ2) is 7.14. The van der Waals surface area contributed by atoms with E-state index in [-0.39, 0.29) is 17.5 Å². The fraction of sp³-hybridized carbons (Fsp3) is 0.875. The lowest BCUT2D eigenvalue weighted by Crippen LogP contribution is -2.59. The molecule has 0 radical (unpaired) electrons. The number of aliphatic carboxylic acids is 1. The van der Waals surface area contributed by atoms with Crippen LogP contribution in [-0.4, -0.2) is 40.6 Å². The highest BCUT2D eigenvalue weighted by atomic mass is 16.4. The lowest BCUT2D eigenvalue weighted by molar-refractivity contribution is -0.148. The maximum absolute atomic E-state index is 12.4. The molecule has 2 amide bonds. The van der Waals surface area contributed by atoms with Crippen LogP contribution in [0.25, 0.3) is 0 Å². The van der Waals surface area contributed by atoms with Crippen LogP contribution in [-0.2, 0) is 4.79 Å². The van der Waals surface area contributed by atoms with Crippen molar-refractivity contribution in [3.63, 3.8) is 0 Å². The van der Waals surface area contributed by atoms with Crippen LogP contribution in [0.15, 0.2) is 0 Å². The lowest BCUT2D eigenvalue weighted by Gasteiger charge is -2.44. The Morgan fingerprint density at radius 2 is 1.90 bits per heavy atom. The molecule has 2 unspecified atom stereocenters. The van der Waals surface area contributed by atoms with Gasteiger partial charge in [0.15, 0.2) is 0 Å². The predicted molar refractivity (Wildman–Crippen MR) is 83.2 cm³/mol. The molecule has 1 aliphatic heterocycles. The Morgan fingerprint density at radius 1 is 1.29 bits per heavy atom. The van der Waals surface area contributed by atoms with E-state index in [0.717, 1.165) is 25.7 Å². The molecule has 21 heavy (non-hydrogen) atoms. The highest BCUT2D eigenvalue weighted by Crippen LogP contribution is 2.35. The Bertz CT molecular complexity index is 380. The van der Waals surface area contributed by atoms with Gasteiger partial charge in [-0.25, -0.2) is 9.59 Å². The summed E-state index contributed by atoms with van der Waals surface area (Å²) in [4.78, 5) is 25.5. The van der Waals surface area contributed by atoms with Crippen LogP contribution in [0.5, 0.6) is 0 Å². The number of nitrogens with one attached hydrogen (secondary N) is 1. The third-order valence-corrected chi connectivity index (χ3v) is 4.31. The van der Waals surface area contributed by atoms with Gasteiger partial charge in [-0.3, -0.25) is 0 Å². The zero-order valence-corrected chi connectivity index (χ0v) is 14.0. The number of carbonyl (C=O) groups is 2. The number of carbonyl (C=O) groups excluding carboxylic acids is 1. The van der Waals surface area contributed by atoms with E-state index in [1.807, 2.05) is 20.8 Å². The number of hydrogen-bond donors (Lipinski definition) is 2. The minimum atomic E-state index is -0.912. The molecule has 1 saturated heterocycles. The SMILES string of the molecule is CC(C)CCC(C)NC(=O)N1CCCC(C)(C)C1C(=O)O. The Hall–Kier alpha value is -1.26. The second-order valence-corrected chi connectivity index (χ2v) is 7.35. The van der Waals surface area contributed by atoms with E-state index in [1.54, 1.807) is 0 Å². The first kappa shape index (κ1) is 17.8. The molecule has 5 nitrogen and oxygen atoms in total. The molecule has 0 aromatic rings. The van der Waals surface area contributed by atoms with Gasteiger partial charge in [0, 0.05) is 12.6 Å². The van der Waals surface area contributed by atoms with Crippen LogP contribution in [0.2, 0.25) is 0 Å². The van der Waals surface area contributed by atoms with E-state index in [0.29, 0.717) is 12.5 Å². The molecule has 0 aromatic carbocycles. The number of piperidine rings is 1. The highest BCUT2D eigenvalue weighted by Gasteiger charge is 2.44. The molecule has 122 valence electrons. The van der Waals surface area contributed by atoms with Gasteiger partial charge in [-0.2, -0.15) is 0 Å². The number of likely N-dealkylation sites (tertiary alicyclic amines) is 1. The maximum atomic E-state index is 12.4. The van der Waals surface area contributed by atoms with Gasteiger partial charge in [0.1, 0.15) is 6.04 Å². The summed E-state index contributed by atoms with van der Waals surface area (Å²) < 4.78 is 0. The first-order valence-electron chi connectivity index (χ1n) is 7.95. The topological polar surface area (TPSA) is 69.6 Å². The summed E-state index contributed by atoms with van der Waals surface area (Å²) in [7, 11) is 0. The van der Waals surface area contributed by atoms with Crippen molar-refractivity contribution in [1.82, 2.24) is 10.2 Å². The molecule has 5 heteroatoms. The smallest absolute Gasteiger partial charge is 0.327 e. The largest absolute Gasteiger partial charge is 0.480 e. The van der Waals surface area contributed by atoms with Crippen LogP contribution in [0, 0.1) is 11.3 Å². The first-order valence-corrected chi connectivity index (χ1v) is 7.95. The summed E-state index contributed by atoms with van der Waals surface area (Å²) in [5.74, 6) is -0.310. The Labute approximate surface area is 128 Å². The van der Waals surface area contributed by atoms with Crippen LogP contribution in [0.1, 0.15) is 60.3 Å². The van der Waals surface area contributed by atoms with E-state index in [2.05, 4.69) is 19.2 Å². The zero-order valence-electron chi connectivity index (χ0n) is 14.0. The summed E-state index contributed by atoms with van der Waals surface area (Å²) in [6.45, 7) is 10.7. The molecular formula is C16H30N2O3. The molecule has 2 N–H and O–H groups in total. The van der Waals surface area contributed by atoms with Gasteiger partial charge < -0.3 is 15.3 Å². The third kappa shape index (κ3) is 4.90. The number of amides is 2. The standard InChI is InChI=1S/C16H30N2O3/c1-11(2)7-8-12(3)17-15(21)18-10-6-9-16(4,5)13(18)14(19)20/h11-13H,6-10H2,1-5H3,(H,17,21)(H,19,20). The summed E-state index contributed by atoms with van der Waals surface area (Å²) in [5, 5.41) is 12.4. The minimum Gasteiger partial charge on any atom is -0.480 e. The number of urea groups is 1. The predicted octanol–water partition coefficient (Wildman–Crippen LogP) is 3.10. The minimum absolute atomic E-state index is 0.0689. The Morgan fingerprint density at radius 3 is 2.43 bits per heavy atom. The van der Waals surface area contributed by atoms with E-state index < -0.39 is 12.0 Å². The van der Waals surface area contributed by atoms with Crippen molar-refractivity contribution in [2.45, 2.75) is 72.4 Å². The van der Waals surface area contributed by atoms with Gasteiger partial charge in [-0.15, -0.1) is 0 Å². The number of carboxylic acids is 1. The Kier molecular flexibility index (Phi) is 6.05. The van der Waals surface area contributed by atoms with Crippen LogP contribution in [0.3, 0.4) is 0 Å². The van der Waals surface area contributed by atoms with Gasteiger partial charge in [0.25, 0.3) is 0 Å². The number of carboxylic acid groups (broad SMARTS) is 1. The van der Waals surface area contributed by atoms with E-state index in [4.69, 9.17) is 0 Å². The fourth-order valence-corrected chi connectivity index (χ4v) is 3.03. The summed E-state index contributed by atoms with van der Waals surface area (Å²) in [6, 6.07) is -0.922. The Balaban J connectivity index is 2.68. The summed E-state index contributed by atoms with van der Waals surface area (Å²) in [5.41, 5.74) is -0.386. The van der Waals surface area contributed by atoms with E-state index in [1.165, 1.54) is 4.90 Å². The zero-order chi connectivity index (χ0) is 16.2. The van der Waals surface area contributed by atoms with Gasteiger partial charge >= 0.3 is 12.0 Å². The molecule has 1 fully saturated rings. The average Bonchev–Trinajstić information content (AvgIpc) is 2.34. The highest BCUT2D eigenvalue weighted by molar-refractivity contribution is 5.83. The van der Waals surface area contributed by atoms with Crippen molar-refractivity contribution in [2.75, 3.05) is 6.54 Å². The van der Waals surface area contributed by atoms with E-state index in [9.17, 15) is 14.7 Å². The molecule has 0 aliphatic carbocycles. The average molecular weight is 298 g/mol. The van der Waals surface area contributed by atoms with Gasteiger partial charge in [-0.05, 0) is 43.9 Å². The molecular weight excluding hydrogens is 268 g/mol. The third-order valence-electron chi connectivity index (χ3n) is 4.31. The number of rotatable bonds is 5. The van der Waals surface area contributed by atoms with Crippen molar-refractivity contribution in [3.05, 3.63) is 0 Å². The normalized spacial score (nSPS) is 23.0. The second-order valence-electron chi connectivity index (χ2n) is 7.35. The summed E-state index contributed by atoms with van der Waals surface area (Å²) >= 11 is 0. The summed E-state index contributed by atoms with van der Waals surface area (Å²) in [6.07, 6.45) is 3.65. The van der Waals surface area contributed by atoms with Crippen molar-refractivity contribution in [3.8, 4) is 0 Å². The molecule has 2 atom stereocenters. The molecule has 0 saturated carbocycles. The fourth-order valence-electron chi connectivity index (χ4n) is 3.03. The number of hydrogen-bond acceptors (Lipinski definition) is 2. The molecule has 1 heterocycles. The molecule has 0 spiro atoms. The van der Waals surface area contributed by atoms with E-state index >= 15 is 0 Å². The first-order chi connectivity index (χ1) is 9.65. The van der Waals surface area contributed by atoms with Gasteiger partial charge in [0.05, 0.1) is 0 Å². The lowest BCUT2D eigenvalue weighted by atomic mass is 9.76. The molecule has 0 bridgehead atoms. The molecule has 0 aromatic heterocycles. The van der Waals surface area contributed by atoms with Crippen LogP contribution in [0.4, 0.5) is 4.79 Å². The van der Waals surface area contributed by atoms with Crippen LogP contribution >= 0.6 is 0 Å². The monoisotopic (exact) mass is 298 g/mol. The van der Waals surface area contributed by atoms with Crippen molar-refractivity contribution in [2.24, 2.45) is 11.3 Å². The van der Waals surface area contributed by atoms with Crippen LogP contribution < -0.4 is 5.32 Å². The van der Waals surface area contributed by atoms with Crippen molar-refractivity contribution >= 4 is 12.0 Å². The quantitative estimate of drug-likeness (QED) is 0.819. The van der Waals surface area contributed by atoms with Gasteiger partial charge in [0.2, 0.25) is 0 Å². The van der Waals surface area contributed by atoms with Gasteiger partial charge in [-0.1, -0.05) is 27.7 Å². The molecule has 1 rings (SSSR count). The van der Waals surface area contributed by atoms with Crippen molar-refractivity contribution < 1.29 is 14.7 Å².